The molecule has 5 rings (SSSR count). The van der Waals surface area contributed by atoms with Crippen LogP contribution in [-0.2, 0) is 4.74 Å². The summed E-state index contributed by atoms with van der Waals surface area (Å²) in [4.78, 5) is 19.8. The van der Waals surface area contributed by atoms with Crippen LogP contribution in [0.15, 0.2) is 75.1 Å². The fourth-order valence-corrected chi connectivity index (χ4v) is 5.62. The Balaban J connectivity index is 1.18. The molecule has 0 atom stereocenters. The van der Waals surface area contributed by atoms with Gasteiger partial charge >= 0.3 is 5.97 Å². The number of benzene rings is 2. The lowest BCUT2D eigenvalue weighted by atomic mass is 10.2. The second-order valence-corrected chi connectivity index (χ2v) is 10.4. The summed E-state index contributed by atoms with van der Waals surface area (Å²) in [6.45, 7) is 4.75. The Morgan fingerprint density at radius 2 is 1.64 bits per heavy atom. The van der Waals surface area contributed by atoms with Gasteiger partial charge in [0.25, 0.3) is 0 Å². The van der Waals surface area contributed by atoms with Gasteiger partial charge in [0.2, 0.25) is 5.13 Å². The van der Waals surface area contributed by atoms with Gasteiger partial charge in [-0.05, 0) is 73.9 Å². The number of aromatic nitrogens is 1. The highest BCUT2D eigenvalue weighted by Crippen LogP contribution is 2.39. The van der Waals surface area contributed by atoms with E-state index in [9.17, 15) is 4.79 Å². The molecule has 0 bridgehead atoms. The SMILES string of the molecule is CCCCOC(=O)c1ccc(N=Nc2cc3sc(N=Nc4ccc(N5CCCC5)cc4)nc3s2)cc1. The lowest BCUT2D eigenvalue weighted by Crippen LogP contribution is -2.17. The number of unbranched alkanes of at least 4 members (excludes halogenated alkanes) is 1. The third-order valence-electron chi connectivity index (χ3n) is 5.74. The molecule has 1 saturated heterocycles. The van der Waals surface area contributed by atoms with E-state index in [4.69, 9.17) is 4.74 Å². The van der Waals surface area contributed by atoms with Crippen molar-refractivity contribution < 1.29 is 9.53 Å². The first-order valence-corrected chi connectivity index (χ1v) is 13.7. The maximum absolute atomic E-state index is 12.0. The van der Waals surface area contributed by atoms with Gasteiger partial charge < -0.3 is 9.64 Å². The molecule has 0 unspecified atom stereocenters. The minimum atomic E-state index is -0.316. The summed E-state index contributed by atoms with van der Waals surface area (Å²) in [5, 5.41) is 18.6. The number of ether oxygens (including phenoxy) is 1. The largest absolute Gasteiger partial charge is 0.462 e. The molecule has 3 heterocycles. The number of thiazole rings is 1. The summed E-state index contributed by atoms with van der Waals surface area (Å²) in [5.41, 5.74) is 3.22. The van der Waals surface area contributed by atoms with Crippen LogP contribution in [0.5, 0.6) is 0 Å². The molecule has 0 N–H and O–H groups in total. The van der Waals surface area contributed by atoms with Crippen LogP contribution in [0, 0.1) is 0 Å². The van der Waals surface area contributed by atoms with E-state index in [1.807, 2.05) is 18.2 Å². The number of rotatable bonds is 9. The molecular formula is C26H26N6O2S2. The lowest BCUT2D eigenvalue weighted by molar-refractivity contribution is 0.0500. The van der Waals surface area contributed by atoms with E-state index < -0.39 is 0 Å². The van der Waals surface area contributed by atoms with E-state index in [1.165, 1.54) is 41.2 Å². The van der Waals surface area contributed by atoms with Crippen molar-refractivity contribution in [1.29, 1.82) is 0 Å². The van der Waals surface area contributed by atoms with E-state index in [0.717, 1.165) is 46.1 Å². The highest BCUT2D eigenvalue weighted by atomic mass is 32.1. The molecule has 0 spiro atoms. The van der Waals surface area contributed by atoms with Gasteiger partial charge in [0.15, 0.2) is 0 Å². The maximum Gasteiger partial charge on any atom is 0.338 e. The summed E-state index contributed by atoms with van der Waals surface area (Å²) in [7, 11) is 0. The summed E-state index contributed by atoms with van der Waals surface area (Å²) in [6.07, 6.45) is 4.37. The zero-order chi connectivity index (χ0) is 24.7. The van der Waals surface area contributed by atoms with Crippen LogP contribution in [-0.4, -0.2) is 30.6 Å². The molecule has 36 heavy (non-hydrogen) atoms. The number of carbonyl (C=O) groups excluding carboxylic acids is 1. The zero-order valence-electron chi connectivity index (χ0n) is 20.0. The third kappa shape index (κ3) is 6.00. The number of hydrogen-bond donors (Lipinski definition) is 0. The topological polar surface area (TPSA) is 91.9 Å². The van der Waals surface area contributed by atoms with Crippen molar-refractivity contribution in [3.63, 3.8) is 0 Å². The highest BCUT2D eigenvalue weighted by molar-refractivity contribution is 7.30. The Morgan fingerprint density at radius 3 is 2.33 bits per heavy atom. The van der Waals surface area contributed by atoms with Crippen molar-refractivity contribution in [2.24, 2.45) is 20.5 Å². The van der Waals surface area contributed by atoms with Crippen LogP contribution >= 0.6 is 22.7 Å². The fraction of sp³-hybridized carbons (Fsp3) is 0.308. The predicted molar refractivity (Wildman–Crippen MR) is 145 cm³/mol. The first kappa shape index (κ1) is 24.2. The molecule has 8 nitrogen and oxygen atoms in total. The smallest absolute Gasteiger partial charge is 0.338 e. The van der Waals surface area contributed by atoms with Crippen LogP contribution < -0.4 is 4.90 Å². The number of esters is 1. The Labute approximate surface area is 217 Å². The fourth-order valence-electron chi connectivity index (χ4n) is 3.77. The van der Waals surface area contributed by atoms with Crippen LogP contribution in [0.4, 0.5) is 27.2 Å². The summed E-state index contributed by atoms with van der Waals surface area (Å²) in [5.74, 6) is -0.316. The van der Waals surface area contributed by atoms with Gasteiger partial charge in [0, 0.05) is 18.8 Å². The molecule has 10 heteroatoms. The van der Waals surface area contributed by atoms with E-state index in [-0.39, 0.29) is 5.97 Å². The molecule has 184 valence electrons. The second kappa shape index (κ2) is 11.5. The summed E-state index contributed by atoms with van der Waals surface area (Å²) >= 11 is 2.93. The van der Waals surface area contributed by atoms with Gasteiger partial charge in [0.1, 0.15) is 9.83 Å². The van der Waals surface area contributed by atoms with E-state index >= 15 is 0 Å². The van der Waals surface area contributed by atoms with Gasteiger partial charge in [-0.3, -0.25) is 0 Å². The molecule has 1 aliphatic rings. The number of carbonyl (C=O) groups is 1. The number of fused-ring (bicyclic) bond motifs is 1. The monoisotopic (exact) mass is 518 g/mol. The minimum absolute atomic E-state index is 0.316. The number of anilines is 1. The summed E-state index contributed by atoms with van der Waals surface area (Å²) < 4.78 is 6.22. The Bertz CT molecular complexity index is 1340. The third-order valence-corrected chi connectivity index (χ3v) is 7.66. The highest BCUT2D eigenvalue weighted by Gasteiger charge is 2.12. The first-order chi connectivity index (χ1) is 17.7. The van der Waals surface area contributed by atoms with Crippen molar-refractivity contribution in [3.05, 3.63) is 60.2 Å². The second-order valence-electron chi connectivity index (χ2n) is 8.40. The van der Waals surface area contributed by atoms with Crippen molar-refractivity contribution >= 4 is 65.4 Å². The molecule has 2 aromatic carbocycles. The van der Waals surface area contributed by atoms with Crippen molar-refractivity contribution in [3.8, 4) is 0 Å². The Hall–Kier alpha value is -3.50. The molecule has 1 fully saturated rings. The van der Waals surface area contributed by atoms with Crippen LogP contribution in [0.1, 0.15) is 43.0 Å². The number of thiophene rings is 1. The average Bonchev–Trinajstić information content (AvgIpc) is 3.64. The number of azo groups is 2. The Kier molecular flexibility index (Phi) is 7.73. The van der Waals surface area contributed by atoms with Gasteiger partial charge in [-0.1, -0.05) is 36.0 Å². The van der Waals surface area contributed by atoms with E-state index in [0.29, 0.717) is 23.0 Å². The van der Waals surface area contributed by atoms with Crippen molar-refractivity contribution in [2.75, 3.05) is 24.6 Å². The van der Waals surface area contributed by atoms with Gasteiger partial charge in [-0.25, -0.2) is 9.78 Å². The normalized spacial score (nSPS) is 14.0. The van der Waals surface area contributed by atoms with E-state index in [1.54, 1.807) is 24.3 Å². The molecular weight excluding hydrogens is 492 g/mol. The maximum atomic E-state index is 12.0. The molecule has 2 aromatic heterocycles. The molecule has 0 amide bonds. The van der Waals surface area contributed by atoms with Crippen molar-refractivity contribution in [2.45, 2.75) is 32.6 Å². The van der Waals surface area contributed by atoms with Gasteiger partial charge in [-0.2, -0.15) is 0 Å². The predicted octanol–water partition coefficient (Wildman–Crippen LogP) is 8.75. The first-order valence-electron chi connectivity index (χ1n) is 12.0. The average molecular weight is 519 g/mol. The molecule has 0 aliphatic carbocycles. The molecule has 4 aromatic rings. The van der Waals surface area contributed by atoms with Crippen LogP contribution in [0.25, 0.3) is 9.53 Å². The van der Waals surface area contributed by atoms with Crippen molar-refractivity contribution in [1.82, 2.24) is 4.98 Å². The quantitative estimate of drug-likeness (QED) is 0.126. The lowest BCUT2D eigenvalue weighted by Gasteiger charge is -2.17. The molecule has 1 aliphatic heterocycles. The van der Waals surface area contributed by atoms with Gasteiger partial charge in [-0.15, -0.1) is 20.5 Å². The number of nitrogens with zero attached hydrogens (tertiary/aromatic N) is 6. The Morgan fingerprint density at radius 1 is 0.944 bits per heavy atom. The standard InChI is InChI=1S/C26H26N6O2S2/c1-2-3-16-34-25(33)18-6-8-19(9-7-18)28-30-23-17-22-24(36-23)27-26(35-22)31-29-20-10-12-21(13-11-20)32-14-4-5-15-32/h6-13,17H,2-5,14-16H2,1H3. The molecule has 0 saturated carbocycles. The van der Waals surface area contributed by atoms with Crippen LogP contribution in [0.3, 0.4) is 0 Å². The minimum Gasteiger partial charge on any atom is -0.462 e. The van der Waals surface area contributed by atoms with Crippen LogP contribution in [0.2, 0.25) is 0 Å². The molecule has 0 radical (unpaired) electrons. The number of hydrogen-bond acceptors (Lipinski definition) is 10. The van der Waals surface area contributed by atoms with E-state index in [2.05, 4.69) is 49.4 Å². The zero-order valence-corrected chi connectivity index (χ0v) is 21.6. The summed E-state index contributed by atoms with van der Waals surface area (Å²) in [6, 6.07) is 17.1. The van der Waals surface area contributed by atoms with Gasteiger partial charge in [0.05, 0.1) is 28.2 Å².